The SMILES string of the molecule is COc1ccc2ccccc2c1S(=O)Cl. The van der Waals surface area contributed by atoms with Gasteiger partial charge in [0.1, 0.15) is 10.6 Å². The second-order valence-corrected chi connectivity index (χ2v) is 4.74. The van der Waals surface area contributed by atoms with Crippen molar-refractivity contribution < 1.29 is 8.95 Å². The lowest BCUT2D eigenvalue weighted by Gasteiger charge is -2.08. The zero-order valence-electron chi connectivity index (χ0n) is 8.07. The Balaban J connectivity index is 2.85. The van der Waals surface area contributed by atoms with Crippen molar-refractivity contribution in [2.24, 2.45) is 0 Å². The van der Waals surface area contributed by atoms with Gasteiger partial charge in [-0.2, -0.15) is 0 Å². The molecule has 2 aromatic rings. The van der Waals surface area contributed by atoms with E-state index in [0.717, 1.165) is 10.8 Å². The van der Waals surface area contributed by atoms with Crippen molar-refractivity contribution in [2.45, 2.75) is 4.90 Å². The molecule has 0 aliphatic heterocycles. The molecule has 0 aliphatic carbocycles. The lowest BCUT2D eigenvalue weighted by Crippen LogP contribution is -1.92. The molecule has 15 heavy (non-hydrogen) atoms. The molecule has 0 aliphatic rings. The first kappa shape index (κ1) is 10.5. The molecule has 0 fully saturated rings. The Morgan fingerprint density at radius 3 is 2.60 bits per heavy atom. The molecule has 0 saturated carbocycles. The summed E-state index contributed by atoms with van der Waals surface area (Å²) in [6.07, 6.45) is 0. The van der Waals surface area contributed by atoms with E-state index < -0.39 is 10.0 Å². The molecule has 2 rings (SSSR count). The summed E-state index contributed by atoms with van der Waals surface area (Å²) in [6.45, 7) is 0. The van der Waals surface area contributed by atoms with Crippen molar-refractivity contribution in [2.75, 3.05) is 7.11 Å². The maximum atomic E-state index is 11.4. The van der Waals surface area contributed by atoms with Crippen LogP contribution in [-0.4, -0.2) is 11.3 Å². The summed E-state index contributed by atoms with van der Waals surface area (Å²) in [5, 5.41) is 1.87. The van der Waals surface area contributed by atoms with Crippen LogP contribution in [0.3, 0.4) is 0 Å². The Morgan fingerprint density at radius 1 is 1.20 bits per heavy atom. The summed E-state index contributed by atoms with van der Waals surface area (Å²) in [4.78, 5) is 0.539. The van der Waals surface area contributed by atoms with Crippen LogP contribution in [0.2, 0.25) is 0 Å². The minimum atomic E-state index is -1.57. The third kappa shape index (κ3) is 1.85. The Morgan fingerprint density at radius 2 is 1.93 bits per heavy atom. The van der Waals surface area contributed by atoms with Gasteiger partial charge in [0.05, 0.1) is 7.11 Å². The molecular weight excluding hydrogens is 232 g/mol. The van der Waals surface area contributed by atoms with Gasteiger partial charge in [0.25, 0.3) is 0 Å². The molecule has 1 atom stereocenters. The minimum absolute atomic E-state index is 0.539. The van der Waals surface area contributed by atoms with Gasteiger partial charge in [-0.05, 0) is 22.1 Å². The Labute approximate surface area is 94.8 Å². The summed E-state index contributed by atoms with van der Waals surface area (Å²) >= 11 is 0. The normalized spacial score (nSPS) is 12.7. The van der Waals surface area contributed by atoms with Gasteiger partial charge in [-0.15, -0.1) is 0 Å². The van der Waals surface area contributed by atoms with E-state index >= 15 is 0 Å². The molecule has 4 heteroatoms. The average molecular weight is 241 g/mol. The van der Waals surface area contributed by atoms with Crippen LogP contribution < -0.4 is 4.74 Å². The molecule has 2 aromatic carbocycles. The number of rotatable bonds is 2. The fourth-order valence-corrected chi connectivity index (χ4v) is 2.70. The van der Waals surface area contributed by atoms with Gasteiger partial charge in [-0.25, -0.2) is 4.21 Å². The quantitative estimate of drug-likeness (QED) is 0.754. The maximum absolute atomic E-state index is 11.4. The van der Waals surface area contributed by atoms with E-state index in [1.165, 1.54) is 7.11 Å². The highest BCUT2D eigenvalue weighted by Crippen LogP contribution is 2.31. The van der Waals surface area contributed by atoms with Crippen LogP contribution in [0.15, 0.2) is 41.3 Å². The van der Waals surface area contributed by atoms with Crippen LogP contribution in [0.5, 0.6) is 5.75 Å². The summed E-state index contributed by atoms with van der Waals surface area (Å²) in [5.41, 5.74) is 0. The van der Waals surface area contributed by atoms with Crippen LogP contribution in [-0.2, 0) is 10.0 Å². The number of fused-ring (bicyclic) bond motifs is 1. The number of ether oxygens (including phenoxy) is 1. The standard InChI is InChI=1S/C11H9ClO2S/c1-14-10-7-6-8-4-2-3-5-9(8)11(10)15(12)13/h2-7H,1H3. The molecule has 0 heterocycles. The molecule has 0 bridgehead atoms. The molecule has 2 nitrogen and oxygen atoms in total. The number of methoxy groups -OCH3 is 1. The summed E-state index contributed by atoms with van der Waals surface area (Å²) < 4.78 is 16.6. The number of hydrogen-bond acceptors (Lipinski definition) is 2. The first-order valence-corrected chi connectivity index (χ1v) is 6.35. The Kier molecular flexibility index (Phi) is 2.93. The maximum Gasteiger partial charge on any atom is 0.151 e. The van der Waals surface area contributed by atoms with Crippen LogP contribution in [0, 0.1) is 0 Å². The van der Waals surface area contributed by atoms with Gasteiger partial charge < -0.3 is 4.74 Å². The van der Waals surface area contributed by atoms with Crippen molar-refractivity contribution in [3.8, 4) is 5.75 Å². The highest BCUT2D eigenvalue weighted by molar-refractivity contribution is 8.08. The fraction of sp³-hybridized carbons (Fsp3) is 0.0909. The third-order valence-corrected chi connectivity index (χ3v) is 3.43. The average Bonchev–Trinajstić information content (AvgIpc) is 2.27. The molecule has 0 amide bonds. The van der Waals surface area contributed by atoms with Gasteiger partial charge >= 0.3 is 0 Å². The van der Waals surface area contributed by atoms with Crippen molar-refractivity contribution in [3.05, 3.63) is 36.4 Å². The van der Waals surface area contributed by atoms with Crippen LogP contribution in [0.25, 0.3) is 10.8 Å². The summed E-state index contributed by atoms with van der Waals surface area (Å²) in [6, 6.07) is 11.3. The largest absolute Gasteiger partial charge is 0.495 e. The van der Waals surface area contributed by atoms with E-state index in [0.29, 0.717) is 10.6 Å². The van der Waals surface area contributed by atoms with E-state index in [2.05, 4.69) is 0 Å². The van der Waals surface area contributed by atoms with Crippen LogP contribution in [0.1, 0.15) is 0 Å². The van der Waals surface area contributed by atoms with E-state index in [1.54, 1.807) is 6.07 Å². The van der Waals surface area contributed by atoms with Gasteiger partial charge in [-0.1, -0.05) is 30.3 Å². The lowest BCUT2D eigenvalue weighted by atomic mass is 10.1. The zero-order chi connectivity index (χ0) is 10.8. The monoisotopic (exact) mass is 240 g/mol. The van der Waals surface area contributed by atoms with Crippen LogP contribution in [0.4, 0.5) is 0 Å². The highest BCUT2D eigenvalue weighted by Gasteiger charge is 2.12. The second kappa shape index (κ2) is 4.21. The van der Waals surface area contributed by atoms with E-state index in [9.17, 15) is 4.21 Å². The molecule has 1 unspecified atom stereocenters. The molecule has 78 valence electrons. The van der Waals surface area contributed by atoms with Gasteiger partial charge in [-0.3, -0.25) is 0 Å². The van der Waals surface area contributed by atoms with E-state index in [-0.39, 0.29) is 0 Å². The number of halogens is 1. The lowest BCUT2D eigenvalue weighted by molar-refractivity contribution is 0.405. The second-order valence-electron chi connectivity index (χ2n) is 3.04. The molecule has 0 saturated heterocycles. The molecule has 0 N–H and O–H groups in total. The summed E-state index contributed by atoms with van der Waals surface area (Å²) in [5.74, 6) is 0.557. The zero-order valence-corrected chi connectivity index (χ0v) is 9.64. The Bertz CT molecular complexity index is 525. The fourth-order valence-electron chi connectivity index (χ4n) is 1.55. The topological polar surface area (TPSA) is 26.3 Å². The summed E-state index contributed by atoms with van der Waals surface area (Å²) in [7, 11) is 5.63. The number of benzene rings is 2. The number of hydrogen-bond donors (Lipinski definition) is 0. The molecule has 0 spiro atoms. The van der Waals surface area contributed by atoms with E-state index in [4.69, 9.17) is 15.4 Å². The minimum Gasteiger partial charge on any atom is -0.495 e. The van der Waals surface area contributed by atoms with Crippen molar-refractivity contribution in [3.63, 3.8) is 0 Å². The first-order valence-electron chi connectivity index (χ1n) is 4.38. The molecule has 0 aromatic heterocycles. The van der Waals surface area contributed by atoms with E-state index in [1.807, 2.05) is 30.3 Å². The van der Waals surface area contributed by atoms with Gasteiger partial charge in [0.15, 0.2) is 10.0 Å². The Hall–Kier alpha value is -1.06. The van der Waals surface area contributed by atoms with Gasteiger partial charge in [0.2, 0.25) is 0 Å². The van der Waals surface area contributed by atoms with Crippen molar-refractivity contribution in [1.29, 1.82) is 0 Å². The third-order valence-electron chi connectivity index (χ3n) is 2.22. The van der Waals surface area contributed by atoms with Crippen molar-refractivity contribution >= 4 is 31.5 Å². The predicted octanol–water partition coefficient (Wildman–Crippen LogP) is 3.11. The van der Waals surface area contributed by atoms with Gasteiger partial charge in [0, 0.05) is 5.39 Å². The van der Waals surface area contributed by atoms with Crippen LogP contribution >= 0.6 is 10.7 Å². The molecular formula is C11H9ClO2S. The smallest absolute Gasteiger partial charge is 0.151 e. The first-order chi connectivity index (χ1) is 7.24. The van der Waals surface area contributed by atoms with Crippen molar-refractivity contribution in [1.82, 2.24) is 0 Å². The highest BCUT2D eigenvalue weighted by atomic mass is 35.7. The molecule has 0 radical (unpaired) electrons. The predicted molar refractivity (Wildman–Crippen MR) is 62.8 cm³/mol.